The van der Waals surface area contributed by atoms with Crippen molar-refractivity contribution in [3.63, 3.8) is 0 Å². The molecule has 0 fully saturated rings. The Morgan fingerprint density at radius 3 is 2.60 bits per heavy atom. The average Bonchev–Trinajstić information content (AvgIpc) is 3.41. The molecule has 25 heavy (non-hydrogen) atoms. The molecule has 0 saturated carbocycles. The monoisotopic (exact) mass is 332 g/mol. The van der Waals surface area contributed by atoms with Crippen molar-refractivity contribution in [1.82, 2.24) is 29.7 Å². The third kappa shape index (κ3) is 3.68. The molecule has 4 aromatic rings. The number of H-pyrrole nitrogens is 2. The topological polar surface area (TPSA) is 75.2 Å². The number of nitrogens with one attached hydrogen (secondary N) is 2. The van der Waals surface area contributed by atoms with E-state index >= 15 is 0 Å². The zero-order chi connectivity index (χ0) is 16.9. The van der Waals surface area contributed by atoms with Crippen LogP contribution in [0.15, 0.2) is 67.4 Å². The Bertz CT molecular complexity index is 877. The van der Waals surface area contributed by atoms with Crippen LogP contribution in [0.2, 0.25) is 0 Å². The summed E-state index contributed by atoms with van der Waals surface area (Å²) < 4.78 is 2.13. The van der Waals surface area contributed by atoms with Gasteiger partial charge in [0.05, 0.1) is 6.33 Å². The van der Waals surface area contributed by atoms with E-state index in [-0.39, 0.29) is 6.04 Å². The van der Waals surface area contributed by atoms with Gasteiger partial charge in [-0.1, -0.05) is 30.3 Å². The molecule has 6 nitrogen and oxygen atoms in total. The predicted molar refractivity (Wildman–Crippen MR) is 95.1 cm³/mol. The molecular formula is C19H20N6. The van der Waals surface area contributed by atoms with E-state index in [0.29, 0.717) is 0 Å². The highest BCUT2D eigenvalue weighted by Crippen LogP contribution is 2.20. The van der Waals surface area contributed by atoms with Gasteiger partial charge in [-0.2, -0.15) is 5.10 Å². The number of benzene rings is 1. The molecule has 4 rings (SSSR count). The van der Waals surface area contributed by atoms with Gasteiger partial charge in [0, 0.05) is 37.1 Å². The Hall–Kier alpha value is -3.15. The third-order valence-corrected chi connectivity index (χ3v) is 4.30. The molecule has 3 heterocycles. The summed E-state index contributed by atoms with van der Waals surface area (Å²) in [6.07, 6.45) is 10.2. The van der Waals surface area contributed by atoms with Gasteiger partial charge in [-0.15, -0.1) is 0 Å². The molecule has 0 radical (unpaired) electrons. The van der Waals surface area contributed by atoms with Crippen LogP contribution in [0.4, 0.5) is 0 Å². The van der Waals surface area contributed by atoms with E-state index in [1.165, 1.54) is 5.56 Å². The summed E-state index contributed by atoms with van der Waals surface area (Å²) in [5.74, 6) is 1.72. The lowest BCUT2D eigenvalue weighted by atomic mass is 10.1. The van der Waals surface area contributed by atoms with Crippen LogP contribution in [0.1, 0.15) is 28.9 Å². The van der Waals surface area contributed by atoms with E-state index in [9.17, 15) is 0 Å². The smallest absolute Gasteiger partial charge is 0.173 e. The number of aryl methyl sites for hydroxylation is 2. The number of hydrogen-bond acceptors (Lipinski definition) is 3. The van der Waals surface area contributed by atoms with Gasteiger partial charge in [-0.3, -0.25) is 5.10 Å². The third-order valence-electron chi connectivity index (χ3n) is 4.30. The minimum Gasteiger partial charge on any atom is -0.348 e. The molecule has 0 bridgehead atoms. The highest BCUT2D eigenvalue weighted by molar-refractivity contribution is 5.16. The van der Waals surface area contributed by atoms with Crippen molar-refractivity contribution in [1.29, 1.82) is 0 Å². The Morgan fingerprint density at radius 2 is 1.84 bits per heavy atom. The van der Waals surface area contributed by atoms with Gasteiger partial charge < -0.3 is 9.55 Å². The molecule has 126 valence electrons. The molecule has 0 aliphatic carbocycles. The molecule has 6 heteroatoms. The molecular weight excluding hydrogens is 312 g/mol. The predicted octanol–water partition coefficient (Wildman–Crippen LogP) is 2.95. The molecule has 0 saturated heterocycles. The number of aromatic nitrogens is 6. The quantitative estimate of drug-likeness (QED) is 0.546. The second kappa shape index (κ2) is 7.17. The van der Waals surface area contributed by atoms with Crippen LogP contribution < -0.4 is 0 Å². The van der Waals surface area contributed by atoms with E-state index in [1.807, 2.05) is 36.8 Å². The number of aromatic amines is 2. The van der Waals surface area contributed by atoms with E-state index in [4.69, 9.17) is 4.98 Å². The highest BCUT2D eigenvalue weighted by atomic mass is 15.2. The summed E-state index contributed by atoms with van der Waals surface area (Å²) in [5.41, 5.74) is 2.37. The lowest BCUT2D eigenvalue weighted by Gasteiger charge is -2.14. The zero-order valence-corrected chi connectivity index (χ0v) is 13.8. The van der Waals surface area contributed by atoms with Crippen LogP contribution in [-0.2, 0) is 19.3 Å². The van der Waals surface area contributed by atoms with Crippen LogP contribution in [0.5, 0.6) is 0 Å². The van der Waals surface area contributed by atoms with Crippen molar-refractivity contribution in [2.24, 2.45) is 0 Å². The van der Waals surface area contributed by atoms with Crippen molar-refractivity contribution in [3.8, 4) is 0 Å². The Labute approximate surface area is 146 Å². The van der Waals surface area contributed by atoms with E-state index < -0.39 is 0 Å². The highest BCUT2D eigenvalue weighted by Gasteiger charge is 2.19. The van der Waals surface area contributed by atoms with Crippen molar-refractivity contribution in [2.45, 2.75) is 25.3 Å². The van der Waals surface area contributed by atoms with Gasteiger partial charge in [0.15, 0.2) is 5.82 Å². The van der Waals surface area contributed by atoms with Gasteiger partial charge in [0.1, 0.15) is 11.9 Å². The fourth-order valence-corrected chi connectivity index (χ4v) is 2.97. The SMILES string of the molecule is c1ccc(CCc2nc([C@H](Cc3cnc[nH]3)n3cccc3)n[nH]2)cc1. The summed E-state index contributed by atoms with van der Waals surface area (Å²) in [5, 5.41) is 7.57. The molecule has 1 aromatic carbocycles. The summed E-state index contributed by atoms with van der Waals surface area (Å²) in [7, 11) is 0. The number of nitrogens with zero attached hydrogens (tertiary/aromatic N) is 4. The van der Waals surface area contributed by atoms with E-state index in [2.05, 4.69) is 49.0 Å². The average molecular weight is 332 g/mol. The second-order valence-corrected chi connectivity index (χ2v) is 6.05. The zero-order valence-electron chi connectivity index (χ0n) is 13.8. The number of imidazole rings is 1. The lowest BCUT2D eigenvalue weighted by molar-refractivity contribution is 0.547. The molecule has 2 N–H and O–H groups in total. The molecule has 0 spiro atoms. The molecule has 0 amide bonds. The van der Waals surface area contributed by atoms with Gasteiger partial charge in [-0.05, 0) is 24.1 Å². The Kier molecular flexibility index (Phi) is 4.41. The van der Waals surface area contributed by atoms with Gasteiger partial charge >= 0.3 is 0 Å². The number of hydrogen-bond donors (Lipinski definition) is 2. The summed E-state index contributed by atoms with van der Waals surface area (Å²) in [4.78, 5) is 12.0. The fourth-order valence-electron chi connectivity index (χ4n) is 2.97. The first kappa shape index (κ1) is 15.4. The van der Waals surface area contributed by atoms with Crippen LogP contribution >= 0.6 is 0 Å². The van der Waals surface area contributed by atoms with E-state index in [1.54, 1.807) is 6.33 Å². The van der Waals surface area contributed by atoms with Crippen molar-refractivity contribution in [2.75, 3.05) is 0 Å². The van der Waals surface area contributed by atoms with Crippen molar-refractivity contribution in [3.05, 3.63) is 90.3 Å². The molecule has 0 unspecified atom stereocenters. The molecule has 1 atom stereocenters. The molecule has 3 aromatic heterocycles. The first-order valence-electron chi connectivity index (χ1n) is 8.43. The maximum Gasteiger partial charge on any atom is 0.173 e. The lowest BCUT2D eigenvalue weighted by Crippen LogP contribution is -2.14. The minimum absolute atomic E-state index is 0.0391. The summed E-state index contributed by atoms with van der Waals surface area (Å²) in [6, 6.07) is 14.5. The fraction of sp³-hybridized carbons (Fsp3) is 0.211. The maximum absolute atomic E-state index is 4.74. The first-order valence-corrected chi connectivity index (χ1v) is 8.43. The Balaban J connectivity index is 1.51. The summed E-state index contributed by atoms with van der Waals surface area (Å²) >= 11 is 0. The van der Waals surface area contributed by atoms with Crippen LogP contribution in [0.3, 0.4) is 0 Å². The largest absolute Gasteiger partial charge is 0.348 e. The standard InChI is InChI=1S/C19H20N6/c1-2-6-15(7-3-1)8-9-18-22-19(24-23-18)17(25-10-4-5-11-25)12-16-13-20-14-21-16/h1-7,10-11,13-14,17H,8-9,12H2,(H,20,21)(H,22,23,24)/t17-/m0/s1. The van der Waals surface area contributed by atoms with Crippen LogP contribution in [0, 0.1) is 0 Å². The molecule has 0 aliphatic rings. The first-order chi connectivity index (χ1) is 12.4. The van der Waals surface area contributed by atoms with Crippen LogP contribution in [-0.4, -0.2) is 29.7 Å². The number of rotatable bonds is 7. The van der Waals surface area contributed by atoms with Crippen molar-refractivity contribution < 1.29 is 0 Å². The van der Waals surface area contributed by atoms with Crippen molar-refractivity contribution >= 4 is 0 Å². The summed E-state index contributed by atoms with van der Waals surface area (Å²) in [6.45, 7) is 0. The van der Waals surface area contributed by atoms with E-state index in [0.717, 1.165) is 36.6 Å². The van der Waals surface area contributed by atoms with Gasteiger partial charge in [0.25, 0.3) is 0 Å². The second-order valence-electron chi connectivity index (χ2n) is 6.05. The molecule has 0 aliphatic heterocycles. The van der Waals surface area contributed by atoms with Crippen LogP contribution in [0.25, 0.3) is 0 Å². The maximum atomic E-state index is 4.74. The Morgan fingerprint density at radius 1 is 1.00 bits per heavy atom. The normalized spacial score (nSPS) is 12.3. The minimum atomic E-state index is 0.0391. The van der Waals surface area contributed by atoms with Gasteiger partial charge in [0.2, 0.25) is 0 Å². The van der Waals surface area contributed by atoms with Gasteiger partial charge in [-0.25, -0.2) is 9.97 Å².